The smallest absolute Gasteiger partial charge is 0.120 e. The highest BCUT2D eigenvalue weighted by Crippen LogP contribution is 2.30. The second-order valence-corrected chi connectivity index (χ2v) is 4.40. The number of hydrogen-bond donors (Lipinski definition) is 1. The van der Waals surface area contributed by atoms with Crippen LogP contribution in [0.1, 0.15) is 19.3 Å². The Morgan fingerprint density at radius 2 is 2.21 bits per heavy atom. The summed E-state index contributed by atoms with van der Waals surface area (Å²) in [6.45, 7) is 0.591. The fourth-order valence-corrected chi connectivity index (χ4v) is 1.74. The molecule has 0 aliphatic heterocycles. The SMILES string of the molecule is NC1(COc2cccc(Cl)c2)CCC1. The van der Waals surface area contributed by atoms with Gasteiger partial charge in [-0.1, -0.05) is 17.7 Å². The summed E-state index contributed by atoms with van der Waals surface area (Å²) in [7, 11) is 0. The molecule has 1 aliphatic rings. The molecule has 1 aliphatic carbocycles. The highest BCUT2D eigenvalue weighted by atomic mass is 35.5. The van der Waals surface area contributed by atoms with Crippen molar-refractivity contribution in [3.05, 3.63) is 29.3 Å². The molecule has 0 amide bonds. The number of ether oxygens (including phenoxy) is 1. The van der Waals surface area contributed by atoms with Gasteiger partial charge in [0.05, 0.1) is 5.54 Å². The van der Waals surface area contributed by atoms with Gasteiger partial charge in [0.25, 0.3) is 0 Å². The second kappa shape index (κ2) is 3.79. The molecular weight excluding hydrogens is 198 g/mol. The van der Waals surface area contributed by atoms with Crippen LogP contribution in [0.3, 0.4) is 0 Å². The summed E-state index contributed by atoms with van der Waals surface area (Å²) >= 11 is 5.83. The molecule has 2 nitrogen and oxygen atoms in total. The van der Waals surface area contributed by atoms with Crippen molar-refractivity contribution in [2.45, 2.75) is 24.8 Å². The third-order valence-corrected chi connectivity index (χ3v) is 2.91. The van der Waals surface area contributed by atoms with Crippen LogP contribution in [0, 0.1) is 0 Å². The summed E-state index contributed by atoms with van der Waals surface area (Å²) in [5, 5.41) is 0.696. The van der Waals surface area contributed by atoms with Gasteiger partial charge in [0.15, 0.2) is 0 Å². The lowest BCUT2D eigenvalue weighted by atomic mass is 9.78. The Kier molecular flexibility index (Phi) is 2.66. The van der Waals surface area contributed by atoms with Crippen LogP contribution in [0.25, 0.3) is 0 Å². The summed E-state index contributed by atoms with van der Waals surface area (Å²) in [6, 6.07) is 7.41. The number of nitrogens with two attached hydrogens (primary N) is 1. The summed E-state index contributed by atoms with van der Waals surface area (Å²) < 4.78 is 5.58. The normalized spacial score (nSPS) is 18.7. The molecule has 0 bridgehead atoms. The molecule has 3 heteroatoms. The van der Waals surface area contributed by atoms with E-state index in [1.165, 1.54) is 6.42 Å². The highest BCUT2D eigenvalue weighted by molar-refractivity contribution is 6.30. The number of rotatable bonds is 3. The van der Waals surface area contributed by atoms with E-state index in [0.29, 0.717) is 11.6 Å². The second-order valence-electron chi connectivity index (χ2n) is 3.96. The predicted molar refractivity (Wildman–Crippen MR) is 57.7 cm³/mol. The Morgan fingerprint density at radius 1 is 1.43 bits per heavy atom. The minimum absolute atomic E-state index is 0.0949. The van der Waals surface area contributed by atoms with E-state index in [2.05, 4.69) is 0 Å². The monoisotopic (exact) mass is 211 g/mol. The Morgan fingerprint density at radius 3 is 2.79 bits per heavy atom. The molecule has 0 aromatic heterocycles. The molecule has 0 saturated heterocycles. The molecule has 1 saturated carbocycles. The van der Waals surface area contributed by atoms with Gasteiger partial charge < -0.3 is 10.5 Å². The Hall–Kier alpha value is -0.730. The number of hydrogen-bond acceptors (Lipinski definition) is 2. The van der Waals surface area contributed by atoms with Crippen molar-refractivity contribution in [1.82, 2.24) is 0 Å². The van der Waals surface area contributed by atoms with Gasteiger partial charge in [0.2, 0.25) is 0 Å². The summed E-state index contributed by atoms with van der Waals surface area (Å²) in [6.07, 6.45) is 3.34. The maximum Gasteiger partial charge on any atom is 0.120 e. The van der Waals surface area contributed by atoms with Crippen LogP contribution in [0.5, 0.6) is 5.75 Å². The van der Waals surface area contributed by atoms with Crippen LogP contribution in [-0.2, 0) is 0 Å². The molecule has 1 fully saturated rings. The first-order valence-electron chi connectivity index (χ1n) is 4.85. The Labute approximate surface area is 89.0 Å². The molecule has 0 atom stereocenters. The van der Waals surface area contributed by atoms with Crippen molar-refractivity contribution in [1.29, 1.82) is 0 Å². The standard InChI is InChI=1S/C11H14ClNO/c12-9-3-1-4-10(7-9)14-8-11(13)5-2-6-11/h1,3-4,7H,2,5-6,8,13H2. The first-order chi connectivity index (χ1) is 6.68. The Balaban J connectivity index is 1.91. The van der Waals surface area contributed by atoms with Gasteiger partial charge in [-0.15, -0.1) is 0 Å². The minimum Gasteiger partial charge on any atom is -0.492 e. The van der Waals surface area contributed by atoms with E-state index in [4.69, 9.17) is 22.1 Å². The Bertz CT molecular complexity index is 323. The van der Waals surface area contributed by atoms with Crippen LogP contribution in [0.2, 0.25) is 5.02 Å². The molecule has 0 radical (unpaired) electrons. The van der Waals surface area contributed by atoms with Crippen LogP contribution in [0.4, 0.5) is 0 Å². The van der Waals surface area contributed by atoms with Crippen molar-refractivity contribution in [2.75, 3.05) is 6.61 Å². The molecule has 1 aromatic rings. The molecule has 0 spiro atoms. The van der Waals surface area contributed by atoms with Crippen molar-refractivity contribution >= 4 is 11.6 Å². The lowest BCUT2D eigenvalue weighted by Crippen LogP contribution is -2.51. The first-order valence-corrected chi connectivity index (χ1v) is 5.23. The molecule has 0 heterocycles. The first kappa shape index (κ1) is 9.81. The molecule has 2 N–H and O–H groups in total. The molecule has 1 aromatic carbocycles. The highest BCUT2D eigenvalue weighted by Gasteiger charge is 2.33. The van der Waals surface area contributed by atoms with Crippen molar-refractivity contribution < 1.29 is 4.74 Å². The van der Waals surface area contributed by atoms with E-state index in [9.17, 15) is 0 Å². The van der Waals surface area contributed by atoms with Gasteiger partial charge in [-0.25, -0.2) is 0 Å². The van der Waals surface area contributed by atoms with Crippen LogP contribution in [-0.4, -0.2) is 12.1 Å². The fourth-order valence-electron chi connectivity index (χ4n) is 1.56. The van der Waals surface area contributed by atoms with E-state index in [1.54, 1.807) is 0 Å². The maximum atomic E-state index is 6.03. The lowest BCUT2D eigenvalue weighted by Gasteiger charge is -2.37. The predicted octanol–water partition coefficient (Wildman–Crippen LogP) is 2.60. The number of benzene rings is 1. The molecule has 0 unspecified atom stereocenters. The van der Waals surface area contributed by atoms with Gasteiger partial charge in [-0.2, -0.15) is 0 Å². The zero-order valence-electron chi connectivity index (χ0n) is 8.00. The minimum atomic E-state index is -0.0949. The zero-order chi connectivity index (χ0) is 10.0. The van der Waals surface area contributed by atoms with E-state index in [-0.39, 0.29) is 5.54 Å². The van der Waals surface area contributed by atoms with Crippen LogP contribution in [0.15, 0.2) is 24.3 Å². The van der Waals surface area contributed by atoms with E-state index in [0.717, 1.165) is 18.6 Å². The molecule has 14 heavy (non-hydrogen) atoms. The van der Waals surface area contributed by atoms with Gasteiger partial charge in [0, 0.05) is 5.02 Å². The summed E-state index contributed by atoms with van der Waals surface area (Å²) in [5.41, 5.74) is 5.94. The third-order valence-electron chi connectivity index (χ3n) is 2.67. The van der Waals surface area contributed by atoms with E-state index < -0.39 is 0 Å². The van der Waals surface area contributed by atoms with Crippen molar-refractivity contribution in [3.63, 3.8) is 0 Å². The van der Waals surface area contributed by atoms with Gasteiger partial charge in [-0.3, -0.25) is 0 Å². The van der Waals surface area contributed by atoms with E-state index in [1.807, 2.05) is 24.3 Å². The zero-order valence-corrected chi connectivity index (χ0v) is 8.76. The topological polar surface area (TPSA) is 35.2 Å². The fraction of sp³-hybridized carbons (Fsp3) is 0.455. The molecule has 76 valence electrons. The average Bonchev–Trinajstić information content (AvgIpc) is 2.12. The van der Waals surface area contributed by atoms with Gasteiger partial charge >= 0.3 is 0 Å². The van der Waals surface area contributed by atoms with Crippen LogP contribution >= 0.6 is 11.6 Å². The average molecular weight is 212 g/mol. The van der Waals surface area contributed by atoms with Crippen molar-refractivity contribution in [2.24, 2.45) is 5.73 Å². The summed E-state index contributed by atoms with van der Waals surface area (Å²) in [4.78, 5) is 0. The number of halogens is 1. The molecule has 2 rings (SSSR count). The third kappa shape index (κ3) is 2.20. The largest absolute Gasteiger partial charge is 0.492 e. The molecular formula is C11H14ClNO. The van der Waals surface area contributed by atoms with Gasteiger partial charge in [0.1, 0.15) is 12.4 Å². The van der Waals surface area contributed by atoms with Crippen molar-refractivity contribution in [3.8, 4) is 5.75 Å². The van der Waals surface area contributed by atoms with E-state index >= 15 is 0 Å². The summed E-state index contributed by atoms with van der Waals surface area (Å²) in [5.74, 6) is 0.800. The van der Waals surface area contributed by atoms with Crippen LogP contribution < -0.4 is 10.5 Å². The maximum absolute atomic E-state index is 6.03. The van der Waals surface area contributed by atoms with Gasteiger partial charge in [-0.05, 0) is 37.5 Å². The lowest BCUT2D eigenvalue weighted by molar-refractivity contribution is 0.142. The quantitative estimate of drug-likeness (QED) is 0.834.